The third kappa shape index (κ3) is 4.62. The molecular weight excluding hydrogens is 326 g/mol. The molecule has 1 N–H and O–H groups in total. The van der Waals surface area contributed by atoms with Crippen molar-refractivity contribution in [1.82, 2.24) is 4.90 Å². The number of nitrogens with zero attached hydrogens (tertiary/aromatic N) is 1. The molecule has 0 aliphatic rings. The van der Waals surface area contributed by atoms with Crippen LogP contribution in [0, 0.1) is 11.6 Å². The number of rotatable bonds is 6. The summed E-state index contributed by atoms with van der Waals surface area (Å²) in [6.07, 6.45) is 1.90. The number of amides is 2. The zero-order valence-electron chi connectivity index (χ0n) is 14.2. The zero-order valence-corrected chi connectivity index (χ0v) is 14.2. The van der Waals surface area contributed by atoms with E-state index in [4.69, 9.17) is 0 Å². The van der Waals surface area contributed by atoms with E-state index in [1.165, 1.54) is 30.3 Å². The number of anilines is 1. The number of carbonyl (C=O) groups is 2. The molecular formula is C19H20F2N2O2. The number of para-hydroxylation sites is 1. The largest absolute Gasteiger partial charge is 0.342 e. The highest BCUT2D eigenvalue weighted by Crippen LogP contribution is 2.19. The van der Waals surface area contributed by atoms with Crippen molar-refractivity contribution in [3.63, 3.8) is 0 Å². The van der Waals surface area contributed by atoms with Gasteiger partial charge in [-0.3, -0.25) is 9.59 Å². The van der Waals surface area contributed by atoms with E-state index in [9.17, 15) is 18.4 Å². The molecule has 0 spiro atoms. The highest BCUT2D eigenvalue weighted by Gasteiger charge is 2.15. The molecule has 2 aromatic carbocycles. The number of hydrogen-bond acceptors (Lipinski definition) is 2. The van der Waals surface area contributed by atoms with Crippen LogP contribution in [0.2, 0.25) is 0 Å². The van der Waals surface area contributed by atoms with Crippen LogP contribution in [0.3, 0.4) is 0 Å². The lowest BCUT2D eigenvalue weighted by Gasteiger charge is -2.16. The van der Waals surface area contributed by atoms with Crippen LogP contribution in [0.5, 0.6) is 0 Å². The van der Waals surface area contributed by atoms with Crippen LogP contribution in [0.4, 0.5) is 14.5 Å². The van der Waals surface area contributed by atoms with Crippen molar-refractivity contribution in [3.8, 4) is 0 Å². The molecule has 0 unspecified atom stereocenters. The summed E-state index contributed by atoms with van der Waals surface area (Å²) in [6.45, 7) is 2.70. The summed E-state index contributed by atoms with van der Waals surface area (Å²) in [5, 5.41) is 2.21. The van der Waals surface area contributed by atoms with E-state index in [0.29, 0.717) is 12.1 Å². The molecule has 0 bridgehead atoms. The first kappa shape index (κ1) is 18.6. The van der Waals surface area contributed by atoms with Gasteiger partial charge in [0.05, 0.1) is 0 Å². The summed E-state index contributed by atoms with van der Waals surface area (Å²) >= 11 is 0. The van der Waals surface area contributed by atoms with Crippen molar-refractivity contribution in [2.75, 3.05) is 18.9 Å². The van der Waals surface area contributed by atoms with E-state index in [1.807, 2.05) is 6.92 Å². The average molecular weight is 346 g/mol. The van der Waals surface area contributed by atoms with Crippen molar-refractivity contribution in [1.29, 1.82) is 0 Å². The van der Waals surface area contributed by atoms with Gasteiger partial charge in [-0.1, -0.05) is 19.4 Å². The third-order valence-corrected chi connectivity index (χ3v) is 3.79. The monoisotopic (exact) mass is 346 g/mol. The maximum Gasteiger partial charge on any atom is 0.255 e. The summed E-state index contributed by atoms with van der Waals surface area (Å²) in [4.78, 5) is 26.0. The quantitative estimate of drug-likeness (QED) is 0.856. The summed E-state index contributed by atoms with van der Waals surface area (Å²) in [6, 6.07) is 9.30. The Morgan fingerprint density at radius 2 is 1.56 bits per heavy atom. The van der Waals surface area contributed by atoms with E-state index < -0.39 is 23.2 Å². The molecule has 0 radical (unpaired) electrons. The highest BCUT2D eigenvalue weighted by molar-refractivity contribution is 6.05. The van der Waals surface area contributed by atoms with Crippen molar-refractivity contribution in [2.24, 2.45) is 0 Å². The topological polar surface area (TPSA) is 49.4 Å². The number of hydrogen-bond donors (Lipinski definition) is 1. The number of unbranched alkanes of at least 4 members (excludes halogenated alkanes) is 1. The van der Waals surface area contributed by atoms with Crippen LogP contribution >= 0.6 is 0 Å². The van der Waals surface area contributed by atoms with Crippen LogP contribution < -0.4 is 5.32 Å². The molecule has 25 heavy (non-hydrogen) atoms. The third-order valence-electron chi connectivity index (χ3n) is 3.79. The molecule has 2 amide bonds. The lowest BCUT2D eigenvalue weighted by atomic mass is 10.1. The first-order valence-electron chi connectivity index (χ1n) is 8.05. The van der Waals surface area contributed by atoms with Gasteiger partial charge in [0.1, 0.15) is 17.3 Å². The summed E-state index contributed by atoms with van der Waals surface area (Å²) < 4.78 is 27.2. The Kier molecular flexibility index (Phi) is 6.22. The fourth-order valence-corrected chi connectivity index (χ4v) is 2.28. The van der Waals surface area contributed by atoms with Crippen LogP contribution in [0.1, 0.15) is 40.5 Å². The number of nitrogens with one attached hydrogen (secondary N) is 1. The Labute approximate surface area is 145 Å². The minimum absolute atomic E-state index is 0.138. The minimum atomic E-state index is -0.849. The molecule has 2 rings (SSSR count). The molecule has 0 heterocycles. The lowest BCUT2D eigenvalue weighted by molar-refractivity contribution is 0.0792. The van der Waals surface area contributed by atoms with Gasteiger partial charge in [-0.15, -0.1) is 0 Å². The standard InChI is InChI=1S/C19H20F2N2O2/c1-3-4-12-23(2)19(25)14-10-8-13(9-11-14)18(24)22-17-15(20)6-5-7-16(17)21/h5-11H,3-4,12H2,1-2H3,(H,22,24). The smallest absolute Gasteiger partial charge is 0.255 e. The van der Waals surface area contributed by atoms with Gasteiger partial charge in [-0.2, -0.15) is 0 Å². The van der Waals surface area contributed by atoms with E-state index in [-0.39, 0.29) is 11.5 Å². The van der Waals surface area contributed by atoms with E-state index in [0.717, 1.165) is 25.0 Å². The van der Waals surface area contributed by atoms with E-state index in [2.05, 4.69) is 5.32 Å². The van der Waals surface area contributed by atoms with Gasteiger partial charge in [0.15, 0.2) is 0 Å². The second-order valence-electron chi connectivity index (χ2n) is 5.71. The number of benzene rings is 2. The SMILES string of the molecule is CCCCN(C)C(=O)c1ccc(C(=O)Nc2c(F)cccc2F)cc1. The van der Waals surface area contributed by atoms with Gasteiger partial charge in [0.2, 0.25) is 0 Å². The van der Waals surface area contributed by atoms with Crippen molar-refractivity contribution >= 4 is 17.5 Å². The first-order valence-corrected chi connectivity index (χ1v) is 8.05. The fourth-order valence-electron chi connectivity index (χ4n) is 2.28. The molecule has 0 aliphatic carbocycles. The molecule has 0 saturated heterocycles. The van der Waals surface area contributed by atoms with Gasteiger partial charge in [0.25, 0.3) is 11.8 Å². The molecule has 6 heteroatoms. The minimum Gasteiger partial charge on any atom is -0.342 e. The molecule has 4 nitrogen and oxygen atoms in total. The lowest BCUT2D eigenvalue weighted by Crippen LogP contribution is -2.27. The van der Waals surface area contributed by atoms with Crippen molar-refractivity contribution in [2.45, 2.75) is 19.8 Å². The predicted octanol–water partition coefficient (Wildman–Crippen LogP) is 4.09. The zero-order chi connectivity index (χ0) is 18.4. The van der Waals surface area contributed by atoms with E-state index >= 15 is 0 Å². The summed E-state index contributed by atoms with van der Waals surface area (Å²) in [5.41, 5.74) is 0.162. The number of carbonyl (C=O) groups excluding carboxylic acids is 2. The van der Waals surface area contributed by atoms with Gasteiger partial charge >= 0.3 is 0 Å². The van der Waals surface area contributed by atoms with Crippen molar-refractivity contribution in [3.05, 3.63) is 65.2 Å². The Hall–Kier alpha value is -2.76. The van der Waals surface area contributed by atoms with Gasteiger partial charge < -0.3 is 10.2 Å². The highest BCUT2D eigenvalue weighted by atomic mass is 19.1. The Morgan fingerprint density at radius 3 is 2.12 bits per heavy atom. The molecule has 0 aromatic heterocycles. The number of halogens is 2. The molecule has 0 atom stereocenters. The molecule has 0 saturated carbocycles. The maximum absolute atomic E-state index is 13.6. The van der Waals surface area contributed by atoms with Gasteiger partial charge in [-0.05, 0) is 42.8 Å². The van der Waals surface area contributed by atoms with Crippen LogP contribution in [-0.2, 0) is 0 Å². The fraction of sp³-hybridized carbons (Fsp3) is 0.263. The maximum atomic E-state index is 13.6. The van der Waals surface area contributed by atoms with Gasteiger partial charge in [0, 0.05) is 24.7 Å². The van der Waals surface area contributed by atoms with E-state index in [1.54, 1.807) is 11.9 Å². The molecule has 2 aromatic rings. The van der Waals surface area contributed by atoms with Crippen molar-refractivity contribution < 1.29 is 18.4 Å². The molecule has 132 valence electrons. The van der Waals surface area contributed by atoms with Crippen LogP contribution in [0.15, 0.2) is 42.5 Å². The van der Waals surface area contributed by atoms with Crippen LogP contribution in [0.25, 0.3) is 0 Å². The average Bonchev–Trinajstić information content (AvgIpc) is 2.62. The Morgan fingerprint density at radius 1 is 1.00 bits per heavy atom. The predicted molar refractivity (Wildman–Crippen MR) is 92.6 cm³/mol. The molecule has 0 aliphatic heterocycles. The molecule has 0 fully saturated rings. The summed E-state index contributed by atoms with van der Waals surface area (Å²) in [7, 11) is 1.72. The second-order valence-corrected chi connectivity index (χ2v) is 5.71. The van der Waals surface area contributed by atoms with Crippen LogP contribution in [-0.4, -0.2) is 30.3 Å². The Balaban J connectivity index is 2.09. The Bertz CT molecular complexity index is 740. The van der Waals surface area contributed by atoms with Gasteiger partial charge in [-0.25, -0.2) is 8.78 Å². The summed E-state index contributed by atoms with van der Waals surface area (Å²) in [5.74, 6) is -2.49. The normalized spacial score (nSPS) is 10.4. The first-order chi connectivity index (χ1) is 11.9. The second kappa shape index (κ2) is 8.37.